The van der Waals surface area contributed by atoms with Crippen molar-refractivity contribution >= 4 is 5.91 Å². The Labute approximate surface area is 142 Å². The molecule has 0 aromatic heterocycles. The van der Waals surface area contributed by atoms with Gasteiger partial charge in [-0.2, -0.15) is 0 Å². The Kier molecular flexibility index (Phi) is 4.55. The third-order valence-electron chi connectivity index (χ3n) is 5.67. The van der Waals surface area contributed by atoms with Gasteiger partial charge in [0, 0.05) is 25.0 Å². The molecule has 3 unspecified atom stereocenters. The first kappa shape index (κ1) is 16.0. The molecule has 3 heterocycles. The normalized spacial score (nSPS) is 32.8. The van der Waals surface area contributed by atoms with Crippen molar-refractivity contribution in [2.45, 2.75) is 50.3 Å². The average Bonchev–Trinajstić information content (AvgIpc) is 2.93. The fraction of sp³-hybridized carbons (Fsp3) is 0.632. The standard InChI is InChI=1S/C19H25FN2O2/c20-15-3-1-2-14(11-15)18-12-22(6-7-24-18)19(23)10-13-8-16-4-5-17(9-13)21-16/h1-3,11,13,16-18,21H,4-10,12H2. The molecular formula is C19H25FN2O2. The summed E-state index contributed by atoms with van der Waals surface area (Å²) in [6.07, 6.45) is 5.19. The van der Waals surface area contributed by atoms with Crippen LogP contribution in [-0.4, -0.2) is 42.6 Å². The molecule has 5 heteroatoms. The maximum Gasteiger partial charge on any atom is 0.223 e. The van der Waals surface area contributed by atoms with E-state index in [1.165, 1.54) is 25.0 Å². The number of ether oxygens (including phenoxy) is 1. The van der Waals surface area contributed by atoms with E-state index in [4.69, 9.17) is 4.74 Å². The highest BCUT2D eigenvalue weighted by Gasteiger charge is 2.35. The molecule has 1 aromatic rings. The molecule has 3 fully saturated rings. The summed E-state index contributed by atoms with van der Waals surface area (Å²) >= 11 is 0. The highest BCUT2D eigenvalue weighted by molar-refractivity contribution is 5.76. The number of hydrogen-bond acceptors (Lipinski definition) is 3. The van der Waals surface area contributed by atoms with Gasteiger partial charge in [-0.25, -0.2) is 4.39 Å². The quantitative estimate of drug-likeness (QED) is 0.925. The zero-order valence-corrected chi connectivity index (χ0v) is 13.9. The number of nitrogens with zero attached hydrogens (tertiary/aromatic N) is 1. The molecule has 1 N–H and O–H groups in total. The summed E-state index contributed by atoms with van der Waals surface area (Å²) in [5, 5.41) is 3.63. The molecule has 1 aromatic carbocycles. The van der Waals surface area contributed by atoms with Crippen LogP contribution in [0.2, 0.25) is 0 Å². The summed E-state index contributed by atoms with van der Waals surface area (Å²) in [5.41, 5.74) is 0.812. The Hall–Kier alpha value is -1.46. The molecule has 130 valence electrons. The number of piperidine rings is 1. The molecule has 0 radical (unpaired) electrons. The molecule has 1 amide bonds. The first-order chi connectivity index (χ1) is 11.7. The van der Waals surface area contributed by atoms with Gasteiger partial charge in [0.1, 0.15) is 11.9 Å². The minimum absolute atomic E-state index is 0.220. The van der Waals surface area contributed by atoms with Gasteiger partial charge in [0.15, 0.2) is 0 Å². The van der Waals surface area contributed by atoms with Crippen LogP contribution in [0.3, 0.4) is 0 Å². The SMILES string of the molecule is O=C(CC1CC2CCC(C1)N2)N1CCOC(c2cccc(F)c2)C1. The van der Waals surface area contributed by atoms with Gasteiger partial charge in [-0.1, -0.05) is 12.1 Å². The monoisotopic (exact) mass is 332 g/mol. The van der Waals surface area contributed by atoms with Gasteiger partial charge in [0.25, 0.3) is 0 Å². The number of fused-ring (bicyclic) bond motifs is 2. The summed E-state index contributed by atoms with van der Waals surface area (Å²) in [6, 6.07) is 7.73. The van der Waals surface area contributed by atoms with Crippen molar-refractivity contribution in [1.29, 1.82) is 0 Å². The molecular weight excluding hydrogens is 307 g/mol. The Balaban J connectivity index is 1.36. The van der Waals surface area contributed by atoms with E-state index in [1.54, 1.807) is 6.07 Å². The second-order valence-electron chi connectivity index (χ2n) is 7.43. The van der Waals surface area contributed by atoms with Crippen LogP contribution in [0.25, 0.3) is 0 Å². The lowest BCUT2D eigenvalue weighted by Gasteiger charge is -2.35. The number of carbonyl (C=O) groups excluding carboxylic acids is 1. The van der Waals surface area contributed by atoms with Gasteiger partial charge in [0.05, 0.1) is 13.2 Å². The van der Waals surface area contributed by atoms with Crippen molar-refractivity contribution in [3.63, 3.8) is 0 Å². The van der Waals surface area contributed by atoms with Gasteiger partial charge in [0.2, 0.25) is 5.91 Å². The molecule has 3 saturated heterocycles. The largest absolute Gasteiger partial charge is 0.370 e. The third kappa shape index (κ3) is 3.47. The number of rotatable bonds is 3. The van der Waals surface area contributed by atoms with Gasteiger partial charge < -0.3 is 15.0 Å². The summed E-state index contributed by atoms with van der Waals surface area (Å²) in [6.45, 7) is 1.69. The number of halogens is 1. The smallest absolute Gasteiger partial charge is 0.223 e. The fourth-order valence-electron chi connectivity index (χ4n) is 4.50. The number of nitrogens with one attached hydrogen (secondary N) is 1. The second kappa shape index (κ2) is 6.81. The molecule has 0 aliphatic carbocycles. The van der Waals surface area contributed by atoms with Crippen molar-refractivity contribution in [3.8, 4) is 0 Å². The van der Waals surface area contributed by atoms with Crippen molar-refractivity contribution in [2.24, 2.45) is 5.92 Å². The lowest BCUT2D eigenvalue weighted by molar-refractivity contribution is -0.140. The number of morpholine rings is 1. The van der Waals surface area contributed by atoms with Gasteiger partial charge in [-0.05, 0) is 49.3 Å². The zero-order chi connectivity index (χ0) is 16.5. The summed E-state index contributed by atoms with van der Waals surface area (Å²) in [7, 11) is 0. The zero-order valence-electron chi connectivity index (χ0n) is 13.9. The van der Waals surface area contributed by atoms with Gasteiger partial charge in [-0.15, -0.1) is 0 Å². The van der Waals surface area contributed by atoms with Crippen LogP contribution in [0.5, 0.6) is 0 Å². The molecule has 0 saturated carbocycles. The van der Waals surface area contributed by atoms with E-state index < -0.39 is 0 Å². The van der Waals surface area contributed by atoms with E-state index in [0.29, 0.717) is 44.1 Å². The Bertz CT molecular complexity index is 597. The van der Waals surface area contributed by atoms with E-state index >= 15 is 0 Å². The van der Waals surface area contributed by atoms with Crippen LogP contribution >= 0.6 is 0 Å². The highest BCUT2D eigenvalue weighted by atomic mass is 19.1. The van der Waals surface area contributed by atoms with Gasteiger partial charge >= 0.3 is 0 Å². The van der Waals surface area contributed by atoms with Gasteiger partial charge in [-0.3, -0.25) is 4.79 Å². The maximum absolute atomic E-state index is 13.4. The van der Waals surface area contributed by atoms with Crippen molar-refractivity contribution in [3.05, 3.63) is 35.6 Å². The van der Waals surface area contributed by atoms with Crippen LogP contribution in [-0.2, 0) is 9.53 Å². The van der Waals surface area contributed by atoms with Crippen LogP contribution < -0.4 is 5.32 Å². The number of amides is 1. The maximum atomic E-state index is 13.4. The van der Waals surface area contributed by atoms with E-state index in [2.05, 4.69) is 5.32 Å². The van der Waals surface area contributed by atoms with Crippen LogP contribution in [0.4, 0.5) is 4.39 Å². The highest BCUT2D eigenvalue weighted by Crippen LogP contribution is 2.33. The van der Waals surface area contributed by atoms with E-state index in [9.17, 15) is 9.18 Å². The topological polar surface area (TPSA) is 41.6 Å². The Morgan fingerprint density at radius 1 is 1.29 bits per heavy atom. The number of hydrogen-bond donors (Lipinski definition) is 1. The van der Waals surface area contributed by atoms with Crippen LogP contribution in [0.15, 0.2) is 24.3 Å². The minimum Gasteiger partial charge on any atom is -0.370 e. The second-order valence-corrected chi connectivity index (χ2v) is 7.43. The Morgan fingerprint density at radius 2 is 2.08 bits per heavy atom. The van der Waals surface area contributed by atoms with E-state index in [-0.39, 0.29) is 17.8 Å². The fourth-order valence-corrected chi connectivity index (χ4v) is 4.50. The van der Waals surface area contributed by atoms with Crippen LogP contribution in [0.1, 0.15) is 43.8 Å². The predicted octanol–water partition coefficient (Wildman–Crippen LogP) is 2.65. The Morgan fingerprint density at radius 3 is 2.83 bits per heavy atom. The molecule has 2 bridgehead atoms. The predicted molar refractivity (Wildman–Crippen MR) is 89.0 cm³/mol. The molecule has 3 atom stereocenters. The van der Waals surface area contributed by atoms with Crippen molar-refractivity contribution in [2.75, 3.05) is 19.7 Å². The molecule has 3 aliphatic rings. The molecule has 4 nitrogen and oxygen atoms in total. The molecule has 4 rings (SSSR count). The summed E-state index contributed by atoms with van der Waals surface area (Å²) in [4.78, 5) is 14.6. The third-order valence-corrected chi connectivity index (χ3v) is 5.67. The lowest BCUT2D eigenvalue weighted by atomic mass is 9.89. The molecule has 0 spiro atoms. The first-order valence-corrected chi connectivity index (χ1v) is 9.08. The first-order valence-electron chi connectivity index (χ1n) is 9.08. The van der Waals surface area contributed by atoms with Crippen molar-refractivity contribution in [1.82, 2.24) is 10.2 Å². The average molecular weight is 332 g/mol. The lowest BCUT2D eigenvalue weighted by Crippen LogP contribution is -2.44. The van der Waals surface area contributed by atoms with E-state index in [1.807, 2.05) is 11.0 Å². The van der Waals surface area contributed by atoms with E-state index in [0.717, 1.165) is 18.4 Å². The summed E-state index contributed by atoms with van der Waals surface area (Å²) in [5.74, 6) is 0.474. The van der Waals surface area contributed by atoms with Crippen molar-refractivity contribution < 1.29 is 13.9 Å². The van der Waals surface area contributed by atoms with Crippen LogP contribution in [0, 0.1) is 11.7 Å². The number of carbonyl (C=O) groups is 1. The molecule has 3 aliphatic heterocycles. The summed E-state index contributed by atoms with van der Waals surface area (Å²) < 4.78 is 19.2. The molecule has 24 heavy (non-hydrogen) atoms. The minimum atomic E-state index is -0.260. The number of benzene rings is 1.